The third kappa shape index (κ3) is 2.64. The Hall–Kier alpha value is -2.97. The van der Waals surface area contributed by atoms with Gasteiger partial charge in [0.05, 0.1) is 0 Å². The molecule has 134 valence electrons. The molecular weight excluding hydrogens is 360 g/mol. The fraction of sp³-hybridized carbons (Fsp3) is 0.0769. The van der Waals surface area contributed by atoms with Gasteiger partial charge in [-0.25, -0.2) is 0 Å². The van der Waals surface area contributed by atoms with Gasteiger partial charge in [-0.15, -0.1) is 0 Å². The SMILES string of the molecule is c1ccc2c(c1)Cc1cc(-c3ccc4c(c3)Cc3ccccc3S4)ccc1O2. The first-order chi connectivity index (χ1) is 13.8. The second-order valence-corrected chi connectivity index (χ2v) is 8.50. The molecule has 2 heterocycles. The fourth-order valence-corrected chi connectivity index (χ4v) is 5.19. The minimum absolute atomic E-state index is 0.924. The van der Waals surface area contributed by atoms with Gasteiger partial charge in [-0.2, -0.15) is 0 Å². The lowest BCUT2D eigenvalue weighted by Crippen LogP contribution is -2.03. The molecule has 1 nitrogen and oxygen atoms in total. The molecule has 0 amide bonds. The van der Waals surface area contributed by atoms with Crippen LogP contribution in [0.15, 0.2) is 94.7 Å². The summed E-state index contributed by atoms with van der Waals surface area (Å²) in [6, 6.07) is 30.5. The molecule has 0 fully saturated rings. The highest BCUT2D eigenvalue weighted by Crippen LogP contribution is 2.42. The van der Waals surface area contributed by atoms with Crippen LogP contribution in [-0.2, 0) is 12.8 Å². The van der Waals surface area contributed by atoms with Crippen LogP contribution in [0.1, 0.15) is 22.3 Å². The van der Waals surface area contributed by atoms with Gasteiger partial charge in [-0.1, -0.05) is 60.3 Å². The van der Waals surface area contributed by atoms with Crippen molar-refractivity contribution in [2.45, 2.75) is 22.6 Å². The van der Waals surface area contributed by atoms with Crippen molar-refractivity contribution in [1.29, 1.82) is 0 Å². The summed E-state index contributed by atoms with van der Waals surface area (Å²) >= 11 is 1.88. The summed E-state index contributed by atoms with van der Waals surface area (Å²) in [7, 11) is 0. The molecule has 2 aliphatic rings. The minimum Gasteiger partial charge on any atom is -0.457 e. The molecule has 0 atom stereocenters. The zero-order valence-corrected chi connectivity index (χ0v) is 16.1. The lowest BCUT2D eigenvalue weighted by molar-refractivity contribution is 0.460. The summed E-state index contributed by atoms with van der Waals surface area (Å²) < 4.78 is 6.09. The van der Waals surface area contributed by atoms with E-state index >= 15 is 0 Å². The second-order valence-electron chi connectivity index (χ2n) is 7.42. The quantitative estimate of drug-likeness (QED) is 0.302. The summed E-state index contributed by atoms with van der Waals surface area (Å²) in [4.78, 5) is 2.75. The summed E-state index contributed by atoms with van der Waals surface area (Å²) in [5, 5.41) is 0. The zero-order valence-electron chi connectivity index (χ0n) is 15.3. The standard InChI is InChI=1S/C26H18OS/c1-3-7-23-19(5-1)15-21-13-17(9-11-24(21)27-23)18-10-12-26-22(14-18)16-20-6-2-4-8-25(20)28-26/h1-14H,15-16H2. The first-order valence-electron chi connectivity index (χ1n) is 9.61. The summed E-state index contributed by atoms with van der Waals surface area (Å²) in [6.45, 7) is 0. The molecule has 4 aromatic rings. The number of ether oxygens (including phenoxy) is 1. The van der Waals surface area contributed by atoms with E-state index in [1.807, 2.05) is 23.9 Å². The molecule has 0 saturated carbocycles. The van der Waals surface area contributed by atoms with E-state index in [-0.39, 0.29) is 0 Å². The molecule has 4 aromatic carbocycles. The van der Waals surface area contributed by atoms with E-state index in [0.717, 1.165) is 24.3 Å². The Morgan fingerprint density at radius 3 is 2.11 bits per heavy atom. The summed E-state index contributed by atoms with van der Waals surface area (Å²) in [5.41, 5.74) is 7.89. The summed E-state index contributed by atoms with van der Waals surface area (Å²) in [5.74, 6) is 1.96. The largest absolute Gasteiger partial charge is 0.457 e. The van der Waals surface area contributed by atoms with E-state index in [9.17, 15) is 0 Å². The van der Waals surface area contributed by atoms with Crippen LogP contribution in [0.3, 0.4) is 0 Å². The zero-order chi connectivity index (χ0) is 18.5. The van der Waals surface area contributed by atoms with Crippen LogP contribution >= 0.6 is 11.8 Å². The van der Waals surface area contributed by atoms with Crippen molar-refractivity contribution >= 4 is 11.8 Å². The Balaban J connectivity index is 1.36. The highest BCUT2D eigenvalue weighted by molar-refractivity contribution is 7.99. The average molecular weight is 378 g/mol. The molecule has 0 radical (unpaired) electrons. The highest BCUT2D eigenvalue weighted by Gasteiger charge is 2.19. The van der Waals surface area contributed by atoms with Crippen LogP contribution in [0.4, 0.5) is 0 Å². The molecule has 0 saturated heterocycles. The van der Waals surface area contributed by atoms with Crippen molar-refractivity contribution in [3.63, 3.8) is 0 Å². The molecule has 2 aliphatic heterocycles. The van der Waals surface area contributed by atoms with Crippen molar-refractivity contribution in [3.05, 3.63) is 107 Å². The van der Waals surface area contributed by atoms with E-state index < -0.39 is 0 Å². The molecule has 0 unspecified atom stereocenters. The average Bonchev–Trinajstić information content (AvgIpc) is 2.75. The maximum absolute atomic E-state index is 6.09. The first-order valence-corrected chi connectivity index (χ1v) is 10.4. The molecule has 0 aliphatic carbocycles. The maximum Gasteiger partial charge on any atom is 0.131 e. The molecule has 28 heavy (non-hydrogen) atoms. The van der Waals surface area contributed by atoms with Crippen molar-refractivity contribution in [2.75, 3.05) is 0 Å². The van der Waals surface area contributed by atoms with E-state index in [0.29, 0.717) is 0 Å². The fourth-order valence-electron chi connectivity index (χ4n) is 4.14. The van der Waals surface area contributed by atoms with E-state index in [4.69, 9.17) is 4.74 Å². The lowest BCUT2D eigenvalue weighted by atomic mass is 9.94. The van der Waals surface area contributed by atoms with Crippen LogP contribution in [-0.4, -0.2) is 0 Å². The van der Waals surface area contributed by atoms with E-state index in [1.54, 1.807) is 0 Å². The van der Waals surface area contributed by atoms with Gasteiger partial charge >= 0.3 is 0 Å². The first kappa shape index (κ1) is 16.0. The van der Waals surface area contributed by atoms with Gasteiger partial charge in [0.2, 0.25) is 0 Å². The van der Waals surface area contributed by atoms with Crippen molar-refractivity contribution in [1.82, 2.24) is 0 Å². The van der Waals surface area contributed by atoms with Crippen LogP contribution in [0, 0.1) is 0 Å². The van der Waals surface area contributed by atoms with Gasteiger partial charge in [0.25, 0.3) is 0 Å². The van der Waals surface area contributed by atoms with Gasteiger partial charge in [-0.3, -0.25) is 0 Å². The normalized spacial score (nSPS) is 13.6. The van der Waals surface area contributed by atoms with Gasteiger partial charge in [0.15, 0.2) is 0 Å². The predicted molar refractivity (Wildman–Crippen MR) is 115 cm³/mol. The molecule has 0 N–H and O–H groups in total. The third-order valence-electron chi connectivity index (χ3n) is 5.60. The molecule has 0 spiro atoms. The van der Waals surface area contributed by atoms with Gasteiger partial charge in [0.1, 0.15) is 11.5 Å². The topological polar surface area (TPSA) is 9.23 Å². The number of benzene rings is 4. The van der Waals surface area contributed by atoms with Gasteiger partial charge < -0.3 is 4.74 Å². The molecular formula is C26H18OS. The highest BCUT2D eigenvalue weighted by atomic mass is 32.2. The van der Waals surface area contributed by atoms with Crippen molar-refractivity contribution in [3.8, 4) is 22.6 Å². The summed E-state index contributed by atoms with van der Waals surface area (Å²) in [6.07, 6.45) is 1.93. The van der Waals surface area contributed by atoms with E-state index in [2.05, 4.69) is 72.8 Å². The third-order valence-corrected chi connectivity index (χ3v) is 6.84. The van der Waals surface area contributed by atoms with Crippen LogP contribution in [0.25, 0.3) is 11.1 Å². The Labute approximate surface area is 169 Å². The van der Waals surface area contributed by atoms with Gasteiger partial charge in [-0.05, 0) is 76.2 Å². The molecule has 0 aromatic heterocycles. The number of hydrogen-bond donors (Lipinski definition) is 0. The number of para-hydroxylation sites is 1. The Bertz CT molecular complexity index is 1130. The van der Waals surface area contributed by atoms with Gasteiger partial charge in [0, 0.05) is 16.2 Å². The Morgan fingerprint density at radius 1 is 0.536 bits per heavy atom. The predicted octanol–water partition coefficient (Wildman–Crippen LogP) is 7.11. The van der Waals surface area contributed by atoms with Crippen LogP contribution in [0.5, 0.6) is 11.5 Å². The second kappa shape index (κ2) is 6.29. The number of hydrogen-bond acceptors (Lipinski definition) is 2. The van der Waals surface area contributed by atoms with Crippen LogP contribution in [0.2, 0.25) is 0 Å². The maximum atomic E-state index is 6.09. The Morgan fingerprint density at radius 2 is 1.18 bits per heavy atom. The van der Waals surface area contributed by atoms with Crippen LogP contribution < -0.4 is 4.74 Å². The minimum atomic E-state index is 0.924. The monoisotopic (exact) mass is 378 g/mol. The molecule has 2 heteroatoms. The molecule has 6 rings (SSSR count). The smallest absolute Gasteiger partial charge is 0.131 e. The Kier molecular flexibility index (Phi) is 3.60. The molecule has 0 bridgehead atoms. The van der Waals surface area contributed by atoms with Crippen molar-refractivity contribution < 1.29 is 4.74 Å². The van der Waals surface area contributed by atoms with Crippen molar-refractivity contribution in [2.24, 2.45) is 0 Å². The number of rotatable bonds is 1. The lowest BCUT2D eigenvalue weighted by Gasteiger charge is -2.22. The number of fused-ring (bicyclic) bond motifs is 4. The van der Waals surface area contributed by atoms with E-state index in [1.165, 1.54) is 43.2 Å².